The Hall–Kier alpha value is -3.66. The molecule has 0 saturated heterocycles. The Morgan fingerprint density at radius 2 is 1.76 bits per heavy atom. The van der Waals surface area contributed by atoms with Crippen molar-refractivity contribution in [1.29, 1.82) is 0 Å². The van der Waals surface area contributed by atoms with Gasteiger partial charge in [-0.1, -0.05) is 30.3 Å². The number of halogens is 4. The molecule has 0 spiro atoms. The SMILES string of the molecule is CS(=O)(=O)Nc1ccccc1-c1ccc2[nH]c(/C=C/c3cc(F)cc(C(F)(F)F)c3)nc2c1. The second-order valence-electron chi connectivity index (χ2n) is 7.38. The molecule has 0 aliphatic heterocycles. The Bertz CT molecular complexity index is 1470. The number of nitrogens with zero attached hydrogens (tertiary/aromatic N) is 1. The van der Waals surface area contributed by atoms with Gasteiger partial charge in [-0.25, -0.2) is 17.8 Å². The third-order valence-corrected chi connectivity index (χ3v) is 5.31. The van der Waals surface area contributed by atoms with Crippen LogP contribution in [0.5, 0.6) is 0 Å². The van der Waals surface area contributed by atoms with Crippen molar-refractivity contribution in [1.82, 2.24) is 9.97 Å². The number of H-pyrrole nitrogens is 1. The minimum Gasteiger partial charge on any atom is -0.338 e. The largest absolute Gasteiger partial charge is 0.416 e. The molecule has 3 aromatic carbocycles. The van der Waals surface area contributed by atoms with Gasteiger partial charge in [-0.15, -0.1) is 0 Å². The fourth-order valence-corrected chi connectivity index (χ4v) is 3.92. The highest BCUT2D eigenvalue weighted by Crippen LogP contribution is 2.32. The van der Waals surface area contributed by atoms with Gasteiger partial charge in [0, 0.05) is 5.56 Å². The van der Waals surface area contributed by atoms with Crippen LogP contribution in [0.2, 0.25) is 0 Å². The number of imidazole rings is 1. The molecule has 4 rings (SSSR count). The topological polar surface area (TPSA) is 74.8 Å². The van der Waals surface area contributed by atoms with Crippen LogP contribution in [-0.4, -0.2) is 24.6 Å². The van der Waals surface area contributed by atoms with Crippen molar-refractivity contribution in [3.63, 3.8) is 0 Å². The molecular weight excluding hydrogens is 458 g/mol. The number of alkyl halides is 3. The molecule has 0 aliphatic rings. The first kappa shape index (κ1) is 22.5. The molecule has 1 aromatic heterocycles. The third kappa shape index (κ3) is 5.40. The number of hydrogen-bond acceptors (Lipinski definition) is 3. The summed E-state index contributed by atoms with van der Waals surface area (Å²) in [6.45, 7) is 0. The van der Waals surface area contributed by atoms with Crippen LogP contribution in [0.25, 0.3) is 34.3 Å². The van der Waals surface area contributed by atoms with Gasteiger partial charge >= 0.3 is 6.18 Å². The van der Waals surface area contributed by atoms with Crippen LogP contribution in [-0.2, 0) is 16.2 Å². The maximum Gasteiger partial charge on any atom is 0.416 e. The molecule has 4 aromatic rings. The van der Waals surface area contributed by atoms with E-state index in [0.717, 1.165) is 24.0 Å². The Labute approximate surface area is 186 Å². The lowest BCUT2D eigenvalue weighted by Crippen LogP contribution is -2.10. The maximum absolute atomic E-state index is 13.6. The first-order chi connectivity index (χ1) is 15.5. The summed E-state index contributed by atoms with van der Waals surface area (Å²) in [6, 6.07) is 14.5. The van der Waals surface area contributed by atoms with Gasteiger partial charge in [-0.05, 0) is 53.6 Å². The number of anilines is 1. The molecule has 0 amide bonds. The fourth-order valence-electron chi connectivity index (χ4n) is 3.34. The molecule has 1 heterocycles. The van der Waals surface area contributed by atoms with Crippen LogP contribution in [0.3, 0.4) is 0 Å². The summed E-state index contributed by atoms with van der Waals surface area (Å²) >= 11 is 0. The highest BCUT2D eigenvalue weighted by atomic mass is 32.2. The minimum absolute atomic E-state index is 0.0456. The highest BCUT2D eigenvalue weighted by molar-refractivity contribution is 7.92. The Morgan fingerprint density at radius 3 is 2.48 bits per heavy atom. The molecule has 0 aliphatic carbocycles. The number of sulfonamides is 1. The van der Waals surface area contributed by atoms with Gasteiger partial charge in [-0.3, -0.25) is 4.72 Å². The number of para-hydroxylation sites is 1. The van der Waals surface area contributed by atoms with E-state index in [4.69, 9.17) is 0 Å². The van der Waals surface area contributed by atoms with E-state index in [1.807, 2.05) is 0 Å². The van der Waals surface area contributed by atoms with Crippen LogP contribution in [0.15, 0.2) is 60.7 Å². The molecule has 0 saturated carbocycles. The average molecular weight is 475 g/mol. The Balaban J connectivity index is 1.66. The summed E-state index contributed by atoms with van der Waals surface area (Å²) in [6.07, 6.45) is -0.797. The highest BCUT2D eigenvalue weighted by Gasteiger charge is 2.31. The minimum atomic E-state index is -4.65. The number of aromatic nitrogens is 2. The zero-order valence-corrected chi connectivity index (χ0v) is 17.9. The van der Waals surface area contributed by atoms with Crippen molar-refractivity contribution >= 4 is 38.9 Å². The molecule has 0 atom stereocenters. The monoisotopic (exact) mass is 475 g/mol. The first-order valence-electron chi connectivity index (χ1n) is 9.61. The summed E-state index contributed by atoms with van der Waals surface area (Å²) in [4.78, 5) is 7.45. The lowest BCUT2D eigenvalue weighted by Gasteiger charge is -2.10. The number of aromatic amines is 1. The number of benzene rings is 3. The lowest BCUT2D eigenvalue weighted by molar-refractivity contribution is -0.137. The van der Waals surface area contributed by atoms with E-state index < -0.39 is 27.6 Å². The second kappa shape index (κ2) is 8.36. The van der Waals surface area contributed by atoms with E-state index in [-0.39, 0.29) is 5.56 Å². The van der Waals surface area contributed by atoms with Gasteiger partial charge < -0.3 is 4.98 Å². The molecule has 170 valence electrons. The van der Waals surface area contributed by atoms with E-state index in [2.05, 4.69) is 14.7 Å². The summed E-state index contributed by atoms with van der Waals surface area (Å²) in [5.41, 5.74) is 2.00. The van der Waals surface area contributed by atoms with Gasteiger partial charge in [0.2, 0.25) is 10.0 Å². The molecule has 10 heteroatoms. The zero-order chi connectivity index (χ0) is 23.8. The van der Waals surface area contributed by atoms with Crippen molar-refractivity contribution in [3.8, 4) is 11.1 Å². The van der Waals surface area contributed by atoms with Crippen molar-refractivity contribution in [2.75, 3.05) is 11.0 Å². The predicted octanol–water partition coefficient (Wildman–Crippen LogP) is 5.93. The summed E-state index contributed by atoms with van der Waals surface area (Å²) in [7, 11) is -3.47. The van der Waals surface area contributed by atoms with Crippen LogP contribution >= 0.6 is 0 Å². The number of nitrogens with one attached hydrogen (secondary N) is 2. The summed E-state index contributed by atoms with van der Waals surface area (Å²) in [5.74, 6) is -0.623. The Morgan fingerprint density at radius 1 is 1.00 bits per heavy atom. The lowest BCUT2D eigenvalue weighted by atomic mass is 10.0. The van der Waals surface area contributed by atoms with E-state index in [0.29, 0.717) is 34.2 Å². The number of hydrogen-bond donors (Lipinski definition) is 2. The zero-order valence-electron chi connectivity index (χ0n) is 17.1. The predicted molar refractivity (Wildman–Crippen MR) is 120 cm³/mol. The molecule has 5 nitrogen and oxygen atoms in total. The van der Waals surface area contributed by atoms with Crippen LogP contribution in [0.4, 0.5) is 23.2 Å². The summed E-state index contributed by atoms with van der Waals surface area (Å²) in [5, 5.41) is 0. The van der Waals surface area contributed by atoms with Crippen LogP contribution in [0.1, 0.15) is 17.0 Å². The number of rotatable bonds is 5. The third-order valence-electron chi connectivity index (χ3n) is 4.72. The van der Waals surface area contributed by atoms with Gasteiger partial charge in [0.25, 0.3) is 0 Å². The van der Waals surface area contributed by atoms with Crippen molar-refractivity contribution < 1.29 is 26.0 Å². The van der Waals surface area contributed by atoms with Crippen LogP contribution in [0, 0.1) is 5.82 Å². The van der Waals surface area contributed by atoms with Crippen LogP contribution < -0.4 is 4.72 Å². The quantitative estimate of drug-likeness (QED) is 0.352. The first-order valence-corrected chi connectivity index (χ1v) is 11.5. The smallest absolute Gasteiger partial charge is 0.338 e. The molecule has 0 fully saturated rings. The Kier molecular flexibility index (Phi) is 5.71. The fraction of sp³-hybridized carbons (Fsp3) is 0.0870. The molecule has 2 N–H and O–H groups in total. The second-order valence-corrected chi connectivity index (χ2v) is 9.13. The molecule has 33 heavy (non-hydrogen) atoms. The van der Waals surface area contributed by atoms with Gasteiger partial charge in [0.15, 0.2) is 0 Å². The molecule has 0 unspecified atom stereocenters. The van der Waals surface area contributed by atoms with E-state index in [1.54, 1.807) is 42.5 Å². The normalized spacial score (nSPS) is 12.5. The van der Waals surface area contributed by atoms with E-state index >= 15 is 0 Å². The number of fused-ring (bicyclic) bond motifs is 1. The molecule has 0 radical (unpaired) electrons. The van der Waals surface area contributed by atoms with Crippen molar-refractivity contribution in [3.05, 3.63) is 83.4 Å². The maximum atomic E-state index is 13.6. The summed E-state index contributed by atoms with van der Waals surface area (Å²) < 4.78 is 78.1. The van der Waals surface area contributed by atoms with Gasteiger partial charge in [0.05, 0.1) is 28.5 Å². The van der Waals surface area contributed by atoms with E-state index in [9.17, 15) is 26.0 Å². The average Bonchev–Trinajstić information content (AvgIpc) is 3.12. The molecule has 0 bridgehead atoms. The van der Waals surface area contributed by atoms with Gasteiger partial charge in [-0.2, -0.15) is 13.2 Å². The van der Waals surface area contributed by atoms with Crippen molar-refractivity contribution in [2.45, 2.75) is 6.18 Å². The van der Waals surface area contributed by atoms with Gasteiger partial charge in [0.1, 0.15) is 11.6 Å². The van der Waals surface area contributed by atoms with Crippen molar-refractivity contribution in [2.24, 2.45) is 0 Å². The van der Waals surface area contributed by atoms with E-state index in [1.165, 1.54) is 12.2 Å². The standard InChI is InChI=1S/C23H17F4N3O2S/c1-33(31,32)30-19-5-3-2-4-18(19)15-7-8-20-21(12-15)29-22(28-20)9-6-14-10-16(23(25,26)27)13-17(24)11-14/h2-13,30H,1H3,(H,28,29)/b9-6+. The molecular formula is C23H17F4N3O2S.